The molecule has 3 rings (SSSR count). The largest absolute Gasteiger partial charge is 0.481 e. The molecule has 2 aromatic rings. The number of rotatable bonds is 6. The Hall–Kier alpha value is -1.47. The minimum atomic E-state index is -0.837. The summed E-state index contributed by atoms with van der Waals surface area (Å²) in [5.41, 5.74) is 1.06. The molecular formula is C14H15N3O2S2. The number of thioether (sulfide) groups is 2. The van der Waals surface area contributed by atoms with Gasteiger partial charge in [0, 0.05) is 16.5 Å². The monoisotopic (exact) mass is 321 g/mol. The van der Waals surface area contributed by atoms with Gasteiger partial charge in [0.25, 0.3) is 0 Å². The Morgan fingerprint density at radius 2 is 2.14 bits per heavy atom. The van der Waals surface area contributed by atoms with Crippen molar-refractivity contribution in [2.75, 3.05) is 12.0 Å². The van der Waals surface area contributed by atoms with Crippen molar-refractivity contribution >= 4 is 29.5 Å². The van der Waals surface area contributed by atoms with Crippen LogP contribution in [0, 0.1) is 0 Å². The normalized spacial score (nSPS) is 14.3. The predicted octanol–water partition coefficient (Wildman–Crippen LogP) is 3.18. The van der Waals surface area contributed by atoms with Crippen molar-refractivity contribution in [3.8, 4) is 11.4 Å². The molecule has 1 aromatic heterocycles. The highest BCUT2D eigenvalue weighted by atomic mass is 32.2. The Morgan fingerprint density at radius 3 is 2.81 bits per heavy atom. The number of hydrogen-bond donors (Lipinski definition) is 1. The van der Waals surface area contributed by atoms with E-state index >= 15 is 0 Å². The molecule has 1 fully saturated rings. The van der Waals surface area contributed by atoms with Crippen LogP contribution in [0.25, 0.3) is 11.4 Å². The first-order valence-corrected chi connectivity index (χ1v) is 8.84. The molecule has 0 spiro atoms. The van der Waals surface area contributed by atoms with Gasteiger partial charge in [-0.3, -0.25) is 9.36 Å². The molecule has 0 bridgehead atoms. The van der Waals surface area contributed by atoms with Gasteiger partial charge in [-0.2, -0.15) is 0 Å². The third kappa shape index (κ3) is 3.08. The molecule has 1 saturated carbocycles. The summed E-state index contributed by atoms with van der Waals surface area (Å²) >= 11 is 2.91. The van der Waals surface area contributed by atoms with Crippen molar-refractivity contribution in [1.82, 2.24) is 14.8 Å². The van der Waals surface area contributed by atoms with Gasteiger partial charge in [-0.25, -0.2) is 0 Å². The van der Waals surface area contributed by atoms with Gasteiger partial charge in [0.2, 0.25) is 0 Å². The fraction of sp³-hybridized carbons (Fsp3) is 0.357. The topological polar surface area (TPSA) is 68.0 Å². The summed E-state index contributed by atoms with van der Waals surface area (Å²) in [6, 6.07) is 8.51. The van der Waals surface area contributed by atoms with Gasteiger partial charge in [-0.1, -0.05) is 30.0 Å². The fourth-order valence-corrected chi connectivity index (χ4v) is 3.50. The van der Waals surface area contributed by atoms with Crippen LogP contribution in [-0.2, 0) is 4.79 Å². The number of aromatic nitrogens is 3. The lowest BCUT2D eigenvalue weighted by atomic mass is 10.2. The number of nitrogens with zero attached hydrogens (tertiary/aromatic N) is 3. The van der Waals surface area contributed by atoms with Gasteiger partial charge >= 0.3 is 5.97 Å². The van der Waals surface area contributed by atoms with Crippen LogP contribution >= 0.6 is 23.5 Å². The van der Waals surface area contributed by atoms with Crippen LogP contribution in [0.5, 0.6) is 0 Å². The van der Waals surface area contributed by atoms with Crippen LogP contribution in [0.4, 0.5) is 0 Å². The van der Waals surface area contributed by atoms with E-state index in [-0.39, 0.29) is 5.75 Å². The quantitative estimate of drug-likeness (QED) is 0.824. The van der Waals surface area contributed by atoms with Crippen LogP contribution in [0.1, 0.15) is 18.9 Å². The molecule has 0 radical (unpaired) electrons. The van der Waals surface area contributed by atoms with Crippen molar-refractivity contribution in [2.24, 2.45) is 0 Å². The molecule has 7 heteroatoms. The van der Waals surface area contributed by atoms with Crippen molar-refractivity contribution < 1.29 is 9.90 Å². The second-order valence-corrected chi connectivity index (χ2v) is 6.58. The Balaban J connectivity index is 2.00. The first kappa shape index (κ1) is 14.5. The van der Waals surface area contributed by atoms with E-state index in [9.17, 15) is 4.79 Å². The standard InChI is InChI=1S/C14H15N3O2S2/c1-20-11-5-3-2-4-10(11)13-15-16-14(21-8-12(18)19)17(13)9-6-7-9/h2-5,9H,6-8H2,1H3,(H,18,19). The van der Waals surface area contributed by atoms with Gasteiger partial charge in [-0.05, 0) is 25.2 Å². The van der Waals surface area contributed by atoms with E-state index in [1.807, 2.05) is 24.5 Å². The molecule has 1 N–H and O–H groups in total. The number of aliphatic carboxylic acids is 1. The molecule has 1 aliphatic carbocycles. The Bertz CT molecular complexity index is 668. The Kier molecular flexibility index (Phi) is 4.21. The number of carboxylic acids is 1. The molecule has 0 aliphatic heterocycles. The van der Waals surface area contributed by atoms with Gasteiger partial charge < -0.3 is 5.11 Å². The number of carboxylic acid groups (broad SMARTS) is 1. The molecule has 1 aromatic carbocycles. The second-order valence-electron chi connectivity index (χ2n) is 4.79. The zero-order valence-electron chi connectivity index (χ0n) is 11.5. The molecule has 0 unspecified atom stereocenters. The average molecular weight is 321 g/mol. The lowest BCUT2D eigenvalue weighted by Gasteiger charge is -2.10. The summed E-state index contributed by atoms with van der Waals surface area (Å²) in [5.74, 6) is 0.0152. The molecule has 0 amide bonds. The SMILES string of the molecule is CSc1ccccc1-c1nnc(SCC(=O)O)n1C1CC1. The second kappa shape index (κ2) is 6.11. The molecule has 1 heterocycles. The highest BCUT2D eigenvalue weighted by Crippen LogP contribution is 2.42. The van der Waals surface area contributed by atoms with E-state index in [0.29, 0.717) is 11.2 Å². The number of benzene rings is 1. The summed E-state index contributed by atoms with van der Waals surface area (Å²) in [6.45, 7) is 0. The van der Waals surface area contributed by atoms with Crippen LogP contribution in [0.15, 0.2) is 34.3 Å². The van der Waals surface area contributed by atoms with E-state index in [0.717, 1.165) is 29.1 Å². The lowest BCUT2D eigenvalue weighted by molar-refractivity contribution is -0.133. The Labute approximate surface area is 131 Å². The summed E-state index contributed by atoms with van der Waals surface area (Å²) in [4.78, 5) is 11.9. The molecule has 5 nitrogen and oxygen atoms in total. The maximum atomic E-state index is 10.8. The average Bonchev–Trinajstić information content (AvgIpc) is 3.24. The third-order valence-electron chi connectivity index (χ3n) is 3.25. The number of carbonyl (C=O) groups is 1. The predicted molar refractivity (Wildman–Crippen MR) is 83.9 cm³/mol. The smallest absolute Gasteiger partial charge is 0.313 e. The third-order valence-corrected chi connectivity index (χ3v) is 4.97. The van der Waals surface area contributed by atoms with Gasteiger partial charge in [0.15, 0.2) is 11.0 Å². The van der Waals surface area contributed by atoms with Crippen LogP contribution in [0.3, 0.4) is 0 Å². The Morgan fingerprint density at radius 1 is 1.38 bits per heavy atom. The zero-order chi connectivity index (χ0) is 14.8. The first-order valence-electron chi connectivity index (χ1n) is 6.63. The van der Waals surface area contributed by atoms with Crippen molar-refractivity contribution in [3.05, 3.63) is 24.3 Å². The summed E-state index contributed by atoms with van der Waals surface area (Å²) in [5, 5.41) is 18.1. The minimum Gasteiger partial charge on any atom is -0.481 e. The van der Waals surface area contributed by atoms with Crippen LogP contribution < -0.4 is 0 Å². The summed E-state index contributed by atoms with van der Waals surface area (Å²) in [6.07, 6.45) is 4.25. The maximum absolute atomic E-state index is 10.8. The fourth-order valence-electron chi connectivity index (χ4n) is 2.18. The maximum Gasteiger partial charge on any atom is 0.313 e. The summed E-state index contributed by atoms with van der Waals surface area (Å²) < 4.78 is 2.10. The molecule has 0 atom stereocenters. The van der Waals surface area contributed by atoms with E-state index in [1.54, 1.807) is 11.8 Å². The van der Waals surface area contributed by atoms with E-state index in [1.165, 1.54) is 11.8 Å². The highest BCUT2D eigenvalue weighted by Gasteiger charge is 2.30. The lowest BCUT2D eigenvalue weighted by Crippen LogP contribution is -2.03. The van der Waals surface area contributed by atoms with E-state index in [4.69, 9.17) is 5.11 Å². The highest BCUT2D eigenvalue weighted by molar-refractivity contribution is 7.99. The van der Waals surface area contributed by atoms with Gasteiger partial charge in [-0.15, -0.1) is 22.0 Å². The minimum absolute atomic E-state index is 0.00896. The van der Waals surface area contributed by atoms with Crippen LogP contribution in [0.2, 0.25) is 0 Å². The molecule has 110 valence electrons. The number of hydrogen-bond acceptors (Lipinski definition) is 5. The van der Waals surface area contributed by atoms with Crippen molar-refractivity contribution in [3.63, 3.8) is 0 Å². The first-order chi connectivity index (χ1) is 10.2. The molecule has 0 saturated heterocycles. The molecule has 1 aliphatic rings. The van der Waals surface area contributed by atoms with Crippen molar-refractivity contribution in [2.45, 2.75) is 28.9 Å². The molecular weight excluding hydrogens is 306 g/mol. The van der Waals surface area contributed by atoms with E-state index < -0.39 is 5.97 Å². The van der Waals surface area contributed by atoms with Crippen LogP contribution in [-0.4, -0.2) is 37.8 Å². The molecule has 21 heavy (non-hydrogen) atoms. The van der Waals surface area contributed by atoms with Crippen molar-refractivity contribution in [1.29, 1.82) is 0 Å². The van der Waals surface area contributed by atoms with E-state index in [2.05, 4.69) is 20.8 Å². The summed E-state index contributed by atoms with van der Waals surface area (Å²) in [7, 11) is 0. The van der Waals surface area contributed by atoms with Gasteiger partial charge in [0.05, 0.1) is 5.75 Å². The zero-order valence-corrected chi connectivity index (χ0v) is 13.2. The van der Waals surface area contributed by atoms with Gasteiger partial charge in [0.1, 0.15) is 0 Å².